The van der Waals surface area contributed by atoms with Gasteiger partial charge in [-0.2, -0.15) is 0 Å². The second kappa shape index (κ2) is 5.55. The molecule has 0 amide bonds. The van der Waals surface area contributed by atoms with Gasteiger partial charge in [-0.05, 0) is 31.6 Å². The summed E-state index contributed by atoms with van der Waals surface area (Å²) in [6.45, 7) is 2.80. The van der Waals surface area contributed by atoms with E-state index in [-0.39, 0.29) is 0 Å². The van der Waals surface area contributed by atoms with Gasteiger partial charge < -0.3 is 10.4 Å². The fourth-order valence-electron chi connectivity index (χ4n) is 2.38. The Labute approximate surface area is 111 Å². The van der Waals surface area contributed by atoms with Crippen LogP contribution in [0, 0.1) is 5.92 Å². The lowest BCUT2D eigenvalue weighted by molar-refractivity contribution is 0.00229. The number of aliphatic hydroxyl groups is 1. The third kappa shape index (κ3) is 3.57. The molecule has 1 fully saturated rings. The van der Waals surface area contributed by atoms with E-state index in [9.17, 15) is 5.11 Å². The number of anilines is 1. The molecule has 1 aromatic heterocycles. The molecule has 5 heteroatoms. The van der Waals surface area contributed by atoms with Crippen LogP contribution in [0.2, 0.25) is 5.15 Å². The van der Waals surface area contributed by atoms with Gasteiger partial charge in [-0.25, -0.2) is 4.98 Å². The minimum atomic E-state index is -0.566. The van der Waals surface area contributed by atoms with Crippen molar-refractivity contribution in [3.63, 3.8) is 0 Å². The average Bonchev–Trinajstić information content (AvgIpc) is 2.74. The third-order valence-corrected chi connectivity index (χ3v) is 4.78. The standard InChI is InChI=1S/C12H19ClN2OS/c1-2-9-3-5-12(16,6-4-9)8-14-11-15-10(13)7-17-11/h7,9,16H,2-6,8H2,1H3,(H,14,15). The van der Waals surface area contributed by atoms with Crippen molar-refractivity contribution in [2.45, 2.75) is 44.6 Å². The SMILES string of the molecule is CCC1CCC(O)(CNc2nc(Cl)cs2)CC1. The summed E-state index contributed by atoms with van der Waals surface area (Å²) < 4.78 is 0. The van der Waals surface area contributed by atoms with E-state index in [4.69, 9.17) is 11.6 Å². The lowest BCUT2D eigenvalue weighted by atomic mass is 9.78. The summed E-state index contributed by atoms with van der Waals surface area (Å²) >= 11 is 7.23. The summed E-state index contributed by atoms with van der Waals surface area (Å²) in [4.78, 5) is 4.12. The molecular formula is C12H19ClN2OS. The highest BCUT2D eigenvalue weighted by atomic mass is 35.5. The van der Waals surface area contributed by atoms with Crippen LogP contribution in [0.25, 0.3) is 0 Å². The van der Waals surface area contributed by atoms with Crippen LogP contribution in [0.3, 0.4) is 0 Å². The molecule has 0 bridgehead atoms. The zero-order chi connectivity index (χ0) is 12.3. The van der Waals surface area contributed by atoms with Gasteiger partial charge in [0.05, 0.1) is 5.60 Å². The molecule has 0 spiro atoms. The smallest absolute Gasteiger partial charge is 0.184 e. The second-order valence-corrected chi connectivity index (χ2v) is 6.15. The number of hydrogen-bond donors (Lipinski definition) is 2. The average molecular weight is 275 g/mol. The molecule has 3 nitrogen and oxygen atoms in total. The van der Waals surface area contributed by atoms with Crippen LogP contribution in [0.1, 0.15) is 39.0 Å². The Bertz CT molecular complexity index is 361. The maximum atomic E-state index is 10.4. The lowest BCUT2D eigenvalue weighted by Crippen LogP contribution is -2.40. The van der Waals surface area contributed by atoms with Crippen molar-refractivity contribution < 1.29 is 5.11 Å². The molecule has 1 aliphatic carbocycles. The summed E-state index contributed by atoms with van der Waals surface area (Å²) in [6.07, 6.45) is 5.27. The Kier molecular flexibility index (Phi) is 4.28. The fourth-order valence-corrected chi connectivity index (χ4v) is 3.21. The first kappa shape index (κ1) is 13.1. The molecule has 2 N–H and O–H groups in total. The predicted molar refractivity (Wildman–Crippen MR) is 72.8 cm³/mol. The van der Waals surface area contributed by atoms with Gasteiger partial charge in [-0.1, -0.05) is 24.9 Å². The molecule has 1 heterocycles. The zero-order valence-corrected chi connectivity index (χ0v) is 11.7. The minimum Gasteiger partial charge on any atom is -0.388 e. The van der Waals surface area contributed by atoms with Crippen molar-refractivity contribution >= 4 is 28.1 Å². The molecule has 1 aromatic rings. The second-order valence-electron chi connectivity index (χ2n) is 4.90. The Morgan fingerprint density at radius 1 is 1.59 bits per heavy atom. The largest absolute Gasteiger partial charge is 0.388 e. The predicted octanol–water partition coefficient (Wildman–Crippen LogP) is 3.54. The van der Waals surface area contributed by atoms with Gasteiger partial charge in [0, 0.05) is 11.9 Å². The fraction of sp³-hybridized carbons (Fsp3) is 0.750. The summed E-state index contributed by atoms with van der Waals surface area (Å²) in [6, 6.07) is 0. The maximum absolute atomic E-state index is 10.4. The number of nitrogens with zero attached hydrogens (tertiary/aromatic N) is 1. The van der Waals surface area contributed by atoms with Gasteiger partial charge in [0.1, 0.15) is 5.15 Å². The van der Waals surface area contributed by atoms with Crippen molar-refractivity contribution in [1.82, 2.24) is 4.98 Å². The Morgan fingerprint density at radius 3 is 2.82 bits per heavy atom. The summed E-state index contributed by atoms with van der Waals surface area (Å²) in [5, 5.41) is 16.7. The van der Waals surface area contributed by atoms with Crippen LogP contribution in [-0.4, -0.2) is 22.2 Å². The Morgan fingerprint density at radius 2 is 2.29 bits per heavy atom. The number of aromatic nitrogens is 1. The number of rotatable bonds is 4. The molecule has 0 aromatic carbocycles. The van der Waals surface area contributed by atoms with Crippen LogP contribution >= 0.6 is 22.9 Å². The number of halogens is 1. The summed E-state index contributed by atoms with van der Waals surface area (Å²) in [5.41, 5.74) is -0.566. The van der Waals surface area contributed by atoms with Crippen molar-refractivity contribution in [3.05, 3.63) is 10.5 Å². The van der Waals surface area contributed by atoms with Gasteiger partial charge in [-0.3, -0.25) is 0 Å². The number of thiazole rings is 1. The summed E-state index contributed by atoms with van der Waals surface area (Å²) in [7, 11) is 0. The first-order valence-corrected chi connectivity index (χ1v) is 7.44. The number of hydrogen-bond acceptors (Lipinski definition) is 4. The van der Waals surface area contributed by atoms with Crippen LogP contribution < -0.4 is 5.32 Å². The van der Waals surface area contributed by atoms with E-state index in [1.165, 1.54) is 17.8 Å². The van der Waals surface area contributed by atoms with E-state index in [2.05, 4.69) is 17.2 Å². The van der Waals surface area contributed by atoms with Crippen molar-refractivity contribution in [2.24, 2.45) is 5.92 Å². The highest BCUT2D eigenvalue weighted by Crippen LogP contribution is 2.34. The highest BCUT2D eigenvalue weighted by molar-refractivity contribution is 7.14. The van der Waals surface area contributed by atoms with Gasteiger partial charge in [0.15, 0.2) is 5.13 Å². The van der Waals surface area contributed by atoms with Gasteiger partial charge in [0.2, 0.25) is 0 Å². The first-order valence-electron chi connectivity index (χ1n) is 6.18. The van der Waals surface area contributed by atoms with Crippen LogP contribution in [0.5, 0.6) is 0 Å². The van der Waals surface area contributed by atoms with E-state index in [0.717, 1.165) is 36.7 Å². The van der Waals surface area contributed by atoms with Crippen LogP contribution in [0.4, 0.5) is 5.13 Å². The van der Waals surface area contributed by atoms with Crippen molar-refractivity contribution in [1.29, 1.82) is 0 Å². The third-order valence-electron chi connectivity index (χ3n) is 3.66. The van der Waals surface area contributed by atoms with E-state index in [1.54, 1.807) is 5.38 Å². The van der Waals surface area contributed by atoms with Crippen molar-refractivity contribution in [3.8, 4) is 0 Å². The molecule has 0 saturated heterocycles. The lowest BCUT2D eigenvalue weighted by Gasteiger charge is -2.35. The molecule has 0 unspecified atom stereocenters. The van der Waals surface area contributed by atoms with Gasteiger partial charge in [0.25, 0.3) is 0 Å². The van der Waals surface area contributed by atoms with E-state index >= 15 is 0 Å². The zero-order valence-electron chi connectivity index (χ0n) is 10.1. The normalized spacial score (nSPS) is 29.2. The van der Waals surface area contributed by atoms with E-state index in [0.29, 0.717) is 11.7 Å². The summed E-state index contributed by atoms with van der Waals surface area (Å²) in [5.74, 6) is 0.796. The van der Waals surface area contributed by atoms with Gasteiger partial charge >= 0.3 is 0 Å². The van der Waals surface area contributed by atoms with E-state index in [1.807, 2.05) is 0 Å². The van der Waals surface area contributed by atoms with Crippen LogP contribution in [-0.2, 0) is 0 Å². The molecule has 17 heavy (non-hydrogen) atoms. The number of nitrogens with one attached hydrogen (secondary N) is 1. The quantitative estimate of drug-likeness (QED) is 0.883. The molecular weight excluding hydrogens is 256 g/mol. The maximum Gasteiger partial charge on any atom is 0.184 e. The molecule has 0 radical (unpaired) electrons. The highest BCUT2D eigenvalue weighted by Gasteiger charge is 2.32. The molecule has 1 saturated carbocycles. The van der Waals surface area contributed by atoms with E-state index < -0.39 is 5.60 Å². The molecule has 1 aliphatic rings. The molecule has 96 valence electrons. The first-order chi connectivity index (χ1) is 8.11. The monoisotopic (exact) mass is 274 g/mol. The molecule has 2 rings (SSSR count). The van der Waals surface area contributed by atoms with Crippen molar-refractivity contribution in [2.75, 3.05) is 11.9 Å². The molecule has 0 atom stereocenters. The topological polar surface area (TPSA) is 45.1 Å². The Balaban J connectivity index is 1.82. The van der Waals surface area contributed by atoms with Gasteiger partial charge in [-0.15, -0.1) is 11.3 Å². The Hall–Kier alpha value is -0.320. The molecule has 0 aliphatic heterocycles. The van der Waals surface area contributed by atoms with Crippen LogP contribution in [0.15, 0.2) is 5.38 Å². The minimum absolute atomic E-state index is 0.513.